The lowest BCUT2D eigenvalue weighted by Crippen LogP contribution is -2.40. The average molecular weight is 470 g/mol. The predicted octanol–water partition coefficient (Wildman–Crippen LogP) is 3.98. The Morgan fingerprint density at radius 3 is 2.55 bits per heavy atom. The van der Waals surface area contributed by atoms with Crippen molar-refractivity contribution in [2.75, 3.05) is 58.5 Å². The zero-order chi connectivity index (χ0) is 20.9. The van der Waals surface area contributed by atoms with Crippen molar-refractivity contribution in [3.8, 4) is 11.5 Å². The van der Waals surface area contributed by atoms with Crippen LogP contribution in [0.5, 0.6) is 11.5 Å². The Labute approximate surface area is 194 Å². The van der Waals surface area contributed by atoms with E-state index in [0.717, 1.165) is 86.0 Å². The molecule has 1 saturated heterocycles. The van der Waals surface area contributed by atoms with Gasteiger partial charge in [0.25, 0.3) is 0 Å². The minimum absolute atomic E-state index is 0. The number of hydrogen-bond acceptors (Lipinski definition) is 7. The first kappa shape index (κ1) is 24.0. The molecule has 0 spiro atoms. The number of methoxy groups -OCH3 is 2. The van der Waals surface area contributed by atoms with E-state index < -0.39 is 0 Å². The molecule has 1 amide bonds. The first-order chi connectivity index (χ1) is 14.7. The molecule has 0 bridgehead atoms. The lowest BCUT2D eigenvalue weighted by molar-refractivity contribution is -0.122. The third kappa shape index (κ3) is 5.42. The summed E-state index contributed by atoms with van der Waals surface area (Å²) in [4.78, 5) is 22.6. The van der Waals surface area contributed by atoms with Gasteiger partial charge in [-0.3, -0.25) is 14.6 Å². The van der Waals surface area contributed by atoms with Gasteiger partial charge in [-0.1, -0.05) is 24.2 Å². The number of carbonyl (C=O) groups excluding carboxylic acids is 1. The van der Waals surface area contributed by atoms with Crippen molar-refractivity contribution in [1.82, 2.24) is 9.88 Å². The van der Waals surface area contributed by atoms with Crippen molar-refractivity contribution in [2.45, 2.75) is 32.1 Å². The Balaban J connectivity index is 0.00000272. The van der Waals surface area contributed by atoms with Crippen LogP contribution in [-0.4, -0.2) is 69.4 Å². The number of hydrogen-bond donors (Lipinski definition) is 0. The number of carbonyl (C=O) groups is 1. The highest BCUT2D eigenvalue weighted by Gasteiger charge is 2.30. The molecule has 1 aromatic carbocycles. The number of anilines is 1. The molecule has 9 heteroatoms. The summed E-state index contributed by atoms with van der Waals surface area (Å²) in [5, 5.41) is 0.742. The second kappa shape index (κ2) is 11.3. The van der Waals surface area contributed by atoms with Crippen molar-refractivity contribution in [2.24, 2.45) is 5.92 Å². The van der Waals surface area contributed by atoms with E-state index in [1.54, 1.807) is 14.2 Å². The van der Waals surface area contributed by atoms with Crippen molar-refractivity contribution in [1.29, 1.82) is 0 Å². The van der Waals surface area contributed by atoms with Gasteiger partial charge >= 0.3 is 0 Å². The number of aromatic nitrogens is 1. The fraction of sp³-hybridized carbons (Fsp3) is 0.636. The molecule has 31 heavy (non-hydrogen) atoms. The van der Waals surface area contributed by atoms with Crippen LogP contribution in [0, 0.1) is 5.92 Å². The predicted molar refractivity (Wildman–Crippen MR) is 126 cm³/mol. The summed E-state index contributed by atoms with van der Waals surface area (Å²) >= 11 is 1.51. The summed E-state index contributed by atoms with van der Waals surface area (Å²) in [6.07, 6.45) is 5.16. The van der Waals surface area contributed by atoms with E-state index in [1.165, 1.54) is 11.3 Å². The minimum atomic E-state index is 0. The van der Waals surface area contributed by atoms with E-state index in [-0.39, 0.29) is 24.2 Å². The van der Waals surface area contributed by atoms with Crippen molar-refractivity contribution in [3.63, 3.8) is 0 Å². The number of nitrogens with zero attached hydrogens (tertiary/aromatic N) is 3. The van der Waals surface area contributed by atoms with E-state index in [2.05, 4.69) is 4.90 Å². The molecule has 0 unspecified atom stereocenters. The Hall–Kier alpha value is -1.61. The fourth-order valence-electron chi connectivity index (χ4n) is 4.36. The molecule has 2 aliphatic rings. The third-order valence-electron chi connectivity index (χ3n) is 6.06. The Kier molecular flexibility index (Phi) is 8.77. The molecular weight excluding hydrogens is 438 g/mol. The minimum Gasteiger partial charge on any atom is -0.495 e. The summed E-state index contributed by atoms with van der Waals surface area (Å²) < 4.78 is 17.4. The van der Waals surface area contributed by atoms with Crippen LogP contribution >= 0.6 is 23.7 Å². The highest BCUT2D eigenvalue weighted by Crippen LogP contribution is 2.41. The summed E-state index contributed by atoms with van der Waals surface area (Å²) in [5.41, 5.74) is 0.759. The molecule has 7 nitrogen and oxygen atoms in total. The zero-order valence-electron chi connectivity index (χ0n) is 18.3. The van der Waals surface area contributed by atoms with Gasteiger partial charge < -0.3 is 14.2 Å². The SMILES string of the molecule is COc1ccc(OC)c2sc(N(CCCN3CCOCC3)C(=O)C3CCCC3)nc12.Cl. The number of amides is 1. The number of halogens is 1. The molecular formula is C22H32ClN3O4S. The zero-order valence-corrected chi connectivity index (χ0v) is 19.9. The van der Waals surface area contributed by atoms with Gasteiger partial charge in [-0.05, 0) is 31.4 Å². The maximum atomic E-state index is 13.4. The second-order valence-electron chi connectivity index (χ2n) is 7.92. The number of fused-ring (bicyclic) bond motifs is 1. The highest BCUT2D eigenvalue weighted by molar-refractivity contribution is 7.22. The molecule has 1 aromatic heterocycles. The Morgan fingerprint density at radius 2 is 1.87 bits per heavy atom. The highest BCUT2D eigenvalue weighted by atomic mass is 35.5. The second-order valence-corrected chi connectivity index (χ2v) is 8.90. The number of benzene rings is 1. The molecule has 0 radical (unpaired) electrons. The van der Waals surface area contributed by atoms with Crippen LogP contribution in [0.4, 0.5) is 5.13 Å². The van der Waals surface area contributed by atoms with Gasteiger partial charge in [-0.2, -0.15) is 0 Å². The van der Waals surface area contributed by atoms with Crippen LogP contribution in [0.2, 0.25) is 0 Å². The van der Waals surface area contributed by atoms with Crippen molar-refractivity contribution >= 4 is 45.0 Å². The molecule has 4 rings (SSSR count). The van der Waals surface area contributed by atoms with Crippen molar-refractivity contribution < 1.29 is 19.0 Å². The Bertz CT molecular complexity index is 825. The van der Waals surface area contributed by atoms with E-state index in [0.29, 0.717) is 12.3 Å². The van der Waals surface area contributed by atoms with Crippen LogP contribution in [0.25, 0.3) is 10.2 Å². The molecule has 1 aliphatic heterocycles. The molecule has 0 atom stereocenters. The van der Waals surface area contributed by atoms with E-state index >= 15 is 0 Å². The van der Waals surface area contributed by atoms with Crippen LogP contribution in [0.3, 0.4) is 0 Å². The summed E-state index contributed by atoms with van der Waals surface area (Å²) in [6.45, 7) is 5.16. The molecule has 2 heterocycles. The van der Waals surface area contributed by atoms with Gasteiger partial charge in [0, 0.05) is 32.1 Å². The third-order valence-corrected chi connectivity index (χ3v) is 7.15. The largest absolute Gasteiger partial charge is 0.495 e. The van der Waals surface area contributed by atoms with Gasteiger partial charge in [0.05, 0.1) is 27.4 Å². The van der Waals surface area contributed by atoms with E-state index in [1.807, 2.05) is 17.0 Å². The first-order valence-electron chi connectivity index (χ1n) is 10.8. The lowest BCUT2D eigenvalue weighted by atomic mass is 10.1. The number of morpholine rings is 1. The lowest BCUT2D eigenvalue weighted by Gasteiger charge is -2.28. The van der Waals surface area contributed by atoms with Crippen LogP contribution in [-0.2, 0) is 9.53 Å². The standard InChI is InChI=1S/C22H31N3O4S.ClH/c1-27-17-8-9-18(28-2)20-19(17)23-22(30-20)25(21(26)16-6-3-4-7-16)11-5-10-24-12-14-29-15-13-24;/h8-9,16H,3-7,10-15H2,1-2H3;1H. The number of thiazole rings is 1. The van der Waals surface area contributed by atoms with Gasteiger partial charge in [-0.25, -0.2) is 4.98 Å². The van der Waals surface area contributed by atoms with E-state index in [9.17, 15) is 4.79 Å². The smallest absolute Gasteiger partial charge is 0.231 e. The molecule has 0 N–H and O–H groups in total. The van der Waals surface area contributed by atoms with Gasteiger partial charge in [-0.15, -0.1) is 12.4 Å². The normalized spacial score (nSPS) is 17.5. The van der Waals surface area contributed by atoms with Gasteiger partial charge in [0.2, 0.25) is 5.91 Å². The first-order valence-corrected chi connectivity index (χ1v) is 11.7. The number of rotatable bonds is 8. The van der Waals surface area contributed by atoms with Crippen molar-refractivity contribution in [3.05, 3.63) is 12.1 Å². The molecule has 2 fully saturated rings. The quantitative estimate of drug-likeness (QED) is 0.582. The van der Waals surface area contributed by atoms with Gasteiger partial charge in [0.15, 0.2) is 5.13 Å². The monoisotopic (exact) mass is 469 g/mol. The molecule has 2 aromatic rings. The Morgan fingerprint density at radius 1 is 1.19 bits per heavy atom. The summed E-state index contributed by atoms with van der Waals surface area (Å²) in [7, 11) is 3.30. The average Bonchev–Trinajstić information content (AvgIpc) is 3.47. The van der Waals surface area contributed by atoms with Crippen LogP contribution in [0.1, 0.15) is 32.1 Å². The maximum Gasteiger partial charge on any atom is 0.231 e. The van der Waals surface area contributed by atoms with Gasteiger partial charge in [0.1, 0.15) is 21.7 Å². The molecule has 172 valence electrons. The summed E-state index contributed by atoms with van der Waals surface area (Å²) in [6, 6.07) is 3.76. The van der Waals surface area contributed by atoms with Crippen LogP contribution < -0.4 is 14.4 Å². The molecule has 1 aliphatic carbocycles. The number of ether oxygens (including phenoxy) is 3. The fourth-order valence-corrected chi connectivity index (χ4v) is 5.47. The summed E-state index contributed by atoms with van der Waals surface area (Å²) in [5.74, 6) is 1.79. The molecule has 1 saturated carbocycles. The van der Waals surface area contributed by atoms with E-state index in [4.69, 9.17) is 19.2 Å². The topological polar surface area (TPSA) is 64.1 Å². The maximum absolute atomic E-state index is 13.4. The van der Waals surface area contributed by atoms with Crippen LogP contribution in [0.15, 0.2) is 12.1 Å².